The summed E-state index contributed by atoms with van der Waals surface area (Å²) in [7, 11) is -5.76. The Labute approximate surface area is 528 Å². The van der Waals surface area contributed by atoms with Gasteiger partial charge in [-0.3, -0.25) is 0 Å². The van der Waals surface area contributed by atoms with Crippen molar-refractivity contribution in [3.63, 3.8) is 0 Å². The second kappa shape index (κ2) is 39.8. The third-order valence-corrected chi connectivity index (χ3v) is 23.4. The highest BCUT2D eigenvalue weighted by molar-refractivity contribution is 7.69. The molecule has 0 radical (unpaired) electrons. The van der Waals surface area contributed by atoms with Crippen molar-refractivity contribution in [1.82, 2.24) is 0 Å². The van der Waals surface area contributed by atoms with Crippen molar-refractivity contribution in [2.45, 2.75) is 280 Å². The Bertz CT molecular complexity index is 2790. The van der Waals surface area contributed by atoms with Gasteiger partial charge in [-0.2, -0.15) is 9.05 Å². The van der Waals surface area contributed by atoms with Gasteiger partial charge in [0.15, 0.2) is 12.2 Å². The van der Waals surface area contributed by atoms with E-state index in [4.69, 9.17) is 27.1 Å². The van der Waals surface area contributed by atoms with Crippen LogP contribution in [0.2, 0.25) is 0 Å². The topological polar surface area (TPSA) is 62.0 Å². The van der Waals surface area contributed by atoms with Crippen molar-refractivity contribution < 1.29 is 27.1 Å². The van der Waals surface area contributed by atoms with Crippen LogP contribution in [0.4, 0.5) is 0 Å². The standard InChI is InChI=1S/C78H106O6P2/c1-14-19-23-27-31-35-39-43-47-51-55-60-79-85(80-61-56-52-48-44-40-36-32-28-24-20-15-2)77(83-85)66-68(6)71(64-73(77)75(8,9)10)70(59-18-5)72-65-74(76(11,12)13)78(67-69(72)7)84-86(78,81-62-57-53-49-45-41-37-33-29-25-21-16-3)82-63-58-54-50-46-42-38-34-30-26-22-17-4/h68-74H,14-15,18-20,23-24,27-28,31-32,35-36,39-40,43-44,47-48,51-52,55-56,59-61,64-67H2,1-13H3/q+2. The summed E-state index contributed by atoms with van der Waals surface area (Å²) in [5, 5.41) is -1.10. The lowest BCUT2D eigenvalue weighted by Gasteiger charge is -2.50. The van der Waals surface area contributed by atoms with E-state index in [1.54, 1.807) is 13.8 Å². The first kappa shape index (κ1) is 73.5. The van der Waals surface area contributed by atoms with Crippen molar-refractivity contribution in [3.8, 4) is 142 Å². The molecule has 0 aromatic heterocycles. The van der Waals surface area contributed by atoms with Gasteiger partial charge in [0.25, 0.3) is 0 Å². The van der Waals surface area contributed by atoms with E-state index >= 15 is 0 Å². The van der Waals surface area contributed by atoms with E-state index in [9.17, 15) is 0 Å². The summed E-state index contributed by atoms with van der Waals surface area (Å²) in [6, 6.07) is 0. The summed E-state index contributed by atoms with van der Waals surface area (Å²) in [5.41, 5.74) is -0.180. The van der Waals surface area contributed by atoms with Crippen LogP contribution in [-0.4, -0.2) is 23.9 Å². The first-order valence-corrected chi connectivity index (χ1v) is 36.4. The minimum atomic E-state index is -3.16. The molecule has 0 aromatic rings. The molecule has 6 nitrogen and oxygen atoms in total. The molecule has 2 saturated carbocycles. The van der Waals surface area contributed by atoms with Gasteiger partial charge in [0, 0.05) is 83.9 Å². The molecule has 0 N–H and O–H groups in total. The molecule has 4 rings (SSSR count). The molecule has 9 unspecified atom stereocenters. The third kappa shape index (κ3) is 23.8. The molecule has 9 atom stereocenters. The molecule has 0 bridgehead atoms. The number of hydrogen-bond acceptors (Lipinski definition) is 6. The lowest BCUT2D eigenvalue weighted by molar-refractivity contribution is -0.0533. The van der Waals surface area contributed by atoms with Gasteiger partial charge in [-0.05, 0) is 139 Å². The van der Waals surface area contributed by atoms with Crippen LogP contribution in [0, 0.1) is 195 Å². The van der Waals surface area contributed by atoms with E-state index in [1.807, 2.05) is 0 Å². The van der Waals surface area contributed by atoms with E-state index < -0.39 is 21.2 Å². The first-order valence-electron chi connectivity index (χ1n) is 33.3. The lowest BCUT2D eigenvalue weighted by Crippen LogP contribution is -2.50. The molecule has 462 valence electrons. The second-order valence-electron chi connectivity index (χ2n) is 26.4. The Hall–Kier alpha value is -4.98. The highest BCUT2D eigenvalue weighted by Crippen LogP contribution is 2.95. The van der Waals surface area contributed by atoms with Crippen LogP contribution >= 0.6 is 15.9 Å². The van der Waals surface area contributed by atoms with E-state index in [0.29, 0.717) is 35.5 Å². The zero-order valence-corrected chi connectivity index (χ0v) is 57.4. The zero-order chi connectivity index (χ0) is 62.5. The molecule has 2 heterocycles. The Balaban J connectivity index is 1.58. The fourth-order valence-electron chi connectivity index (χ4n) is 13.7. The van der Waals surface area contributed by atoms with Crippen molar-refractivity contribution >= 4 is 15.9 Å². The molecule has 2 spiro atoms. The molecule has 2 aliphatic carbocycles. The van der Waals surface area contributed by atoms with Crippen molar-refractivity contribution in [2.24, 2.45) is 52.3 Å². The largest absolute Gasteiger partial charge is 0.564 e. The minimum Gasteiger partial charge on any atom is -0.221 e. The molecule has 4 fully saturated rings. The van der Waals surface area contributed by atoms with E-state index in [1.165, 1.54) is 128 Å². The van der Waals surface area contributed by atoms with Crippen LogP contribution in [0.15, 0.2) is 0 Å². The first-order chi connectivity index (χ1) is 41.6. The van der Waals surface area contributed by atoms with E-state index in [2.05, 4.69) is 219 Å². The average Bonchev–Trinajstić information content (AvgIpc) is 1.55. The van der Waals surface area contributed by atoms with Gasteiger partial charge in [0.1, 0.15) is 0 Å². The van der Waals surface area contributed by atoms with Crippen LogP contribution in [-0.2, 0) is 27.1 Å². The monoisotopic (exact) mass is 1200 g/mol. The molecule has 2 aliphatic heterocycles. The lowest BCUT2D eigenvalue weighted by atomic mass is 9.54. The van der Waals surface area contributed by atoms with E-state index in [0.717, 1.165) is 64.6 Å². The average molecular weight is 1200 g/mol. The molecule has 2 saturated heterocycles. The Kier molecular flexibility index (Phi) is 34.0. The summed E-state index contributed by atoms with van der Waals surface area (Å²) < 4.78 is 41.6. The highest BCUT2D eigenvalue weighted by atomic mass is 31.2. The van der Waals surface area contributed by atoms with Gasteiger partial charge in [-0.15, -0.1) is 9.05 Å². The Morgan fingerprint density at radius 1 is 0.395 bits per heavy atom. The van der Waals surface area contributed by atoms with Crippen LogP contribution in [0.3, 0.4) is 0 Å². The second-order valence-corrected chi connectivity index (χ2v) is 31.2. The fraction of sp³-hybridized carbons (Fsp3) is 0.692. The summed E-state index contributed by atoms with van der Waals surface area (Å²) in [6.45, 7) is 31.1. The van der Waals surface area contributed by atoms with Gasteiger partial charge in [0.2, 0.25) is 0 Å². The maximum Gasteiger partial charge on any atom is 0.564 e. The Morgan fingerprint density at radius 2 is 0.686 bits per heavy atom. The zero-order valence-electron chi connectivity index (χ0n) is 55.6. The van der Waals surface area contributed by atoms with Crippen molar-refractivity contribution in [1.29, 1.82) is 0 Å². The smallest absolute Gasteiger partial charge is 0.221 e. The summed E-state index contributed by atoms with van der Waals surface area (Å²) >= 11 is 0. The summed E-state index contributed by atoms with van der Waals surface area (Å²) in [6.07, 6.45) is 40.6. The fourth-order valence-corrected chi connectivity index (χ4v) is 20.1. The molecule has 0 amide bonds. The summed E-state index contributed by atoms with van der Waals surface area (Å²) in [4.78, 5) is 0. The molecule has 4 aliphatic rings. The third-order valence-electron chi connectivity index (χ3n) is 17.9. The van der Waals surface area contributed by atoms with Crippen LogP contribution in [0.1, 0.15) is 270 Å². The van der Waals surface area contributed by atoms with Gasteiger partial charge in [-0.25, -0.2) is 9.05 Å². The van der Waals surface area contributed by atoms with Crippen molar-refractivity contribution in [2.75, 3.05) is 13.2 Å². The van der Waals surface area contributed by atoms with Crippen LogP contribution < -0.4 is 0 Å². The SMILES string of the molecule is CC#CC#CC#CC#CC#CC#CO[P+]1(OC#CC#CC#CC#CC#CC#CC)OC12CC(C)C(C(CCC)C1CC(C(C)(C)C)C3(CC1C)O[P+]3(OCCCCCCCCCCCCC)OCCCCCCCCCCCCC)CC2C(C)(C)C. The number of hydrogen-bond donors (Lipinski definition) is 0. The van der Waals surface area contributed by atoms with Gasteiger partial charge in [-0.1, -0.05) is 229 Å². The molecule has 0 aromatic carbocycles. The maximum absolute atomic E-state index is 7.33. The highest BCUT2D eigenvalue weighted by Gasteiger charge is 2.95. The molecular weight excluding hydrogens is 1090 g/mol. The van der Waals surface area contributed by atoms with Gasteiger partial charge < -0.3 is 0 Å². The molecule has 86 heavy (non-hydrogen) atoms. The van der Waals surface area contributed by atoms with Crippen LogP contribution in [0.5, 0.6) is 0 Å². The predicted molar refractivity (Wildman–Crippen MR) is 361 cm³/mol. The quantitative estimate of drug-likeness (QED) is 0.0289. The van der Waals surface area contributed by atoms with E-state index in [-0.39, 0.29) is 22.1 Å². The minimum absolute atomic E-state index is 0.0101. The summed E-state index contributed by atoms with van der Waals surface area (Å²) in [5.74, 6) is 61.7. The molecule has 8 heteroatoms. The van der Waals surface area contributed by atoms with Gasteiger partial charge in [0.05, 0.1) is 13.2 Å². The Morgan fingerprint density at radius 3 is 1.00 bits per heavy atom. The number of rotatable bonds is 32. The maximum atomic E-state index is 7.33. The number of unbranched alkanes of at least 4 members (excludes halogenated alkanes) is 20. The van der Waals surface area contributed by atoms with Gasteiger partial charge >= 0.3 is 26.6 Å². The molecular formula is C78H106O6P2+2. The normalized spacial score (nSPS) is 23.3. The predicted octanol–water partition coefficient (Wildman–Crippen LogP) is 19.5. The van der Waals surface area contributed by atoms with Crippen LogP contribution in [0.25, 0.3) is 0 Å². The van der Waals surface area contributed by atoms with Crippen molar-refractivity contribution in [3.05, 3.63) is 0 Å².